The second-order valence-electron chi connectivity index (χ2n) is 9.10. The van der Waals surface area contributed by atoms with Gasteiger partial charge in [0.05, 0.1) is 18.3 Å². The highest BCUT2D eigenvalue weighted by Crippen LogP contribution is 2.41. The van der Waals surface area contributed by atoms with E-state index in [1.807, 2.05) is 0 Å². The molecular formula is C29H32N2O. The summed E-state index contributed by atoms with van der Waals surface area (Å²) >= 11 is 0. The Morgan fingerprint density at radius 2 is 1.44 bits per heavy atom. The van der Waals surface area contributed by atoms with Crippen LogP contribution in [0.25, 0.3) is 33.3 Å². The first-order chi connectivity index (χ1) is 15.7. The third-order valence-electron chi connectivity index (χ3n) is 6.64. The van der Waals surface area contributed by atoms with Gasteiger partial charge in [0.25, 0.3) is 0 Å². The van der Waals surface area contributed by atoms with Gasteiger partial charge in [0, 0.05) is 23.0 Å². The summed E-state index contributed by atoms with van der Waals surface area (Å²) in [6.45, 7) is 5.68. The van der Waals surface area contributed by atoms with Gasteiger partial charge in [0.1, 0.15) is 0 Å². The highest BCUT2D eigenvalue weighted by atomic mass is 16.3. The molecule has 0 bridgehead atoms. The molecule has 0 aliphatic carbocycles. The highest BCUT2D eigenvalue weighted by molar-refractivity contribution is 6.04. The second kappa shape index (κ2) is 9.32. The fraction of sp³-hybridized carbons (Fsp3) is 0.310. The largest absolute Gasteiger partial charge is 0.390 e. The fourth-order valence-electron chi connectivity index (χ4n) is 5.16. The molecule has 0 radical (unpaired) electrons. The average molecular weight is 425 g/mol. The first-order valence-corrected chi connectivity index (χ1v) is 11.8. The SMILES string of the molecule is Cc1ccc2c(c1)c(-c1ccccc1)c(-c1ccccc1)n2C[C@H](O)CN1CCCCC1. The van der Waals surface area contributed by atoms with Crippen LogP contribution in [0.5, 0.6) is 0 Å². The first kappa shape index (κ1) is 21.0. The molecule has 0 unspecified atom stereocenters. The molecular weight excluding hydrogens is 392 g/mol. The molecule has 3 heteroatoms. The molecule has 1 N–H and O–H groups in total. The zero-order valence-electron chi connectivity index (χ0n) is 18.9. The van der Waals surface area contributed by atoms with Crippen LogP contribution in [0.2, 0.25) is 0 Å². The number of aliphatic hydroxyl groups is 1. The number of benzene rings is 3. The van der Waals surface area contributed by atoms with E-state index in [9.17, 15) is 5.11 Å². The van der Waals surface area contributed by atoms with Crippen LogP contribution >= 0.6 is 0 Å². The number of likely N-dealkylation sites (tertiary alicyclic amines) is 1. The summed E-state index contributed by atoms with van der Waals surface area (Å²) in [6, 6.07) is 28.0. The Morgan fingerprint density at radius 3 is 2.12 bits per heavy atom. The lowest BCUT2D eigenvalue weighted by Gasteiger charge is -2.29. The van der Waals surface area contributed by atoms with Crippen LogP contribution in [0.15, 0.2) is 78.9 Å². The van der Waals surface area contributed by atoms with Crippen molar-refractivity contribution in [3.8, 4) is 22.4 Å². The number of hydrogen-bond acceptors (Lipinski definition) is 2. The number of nitrogens with zero attached hydrogens (tertiary/aromatic N) is 2. The Kier molecular flexibility index (Phi) is 6.11. The van der Waals surface area contributed by atoms with Crippen LogP contribution < -0.4 is 0 Å². The van der Waals surface area contributed by atoms with Crippen molar-refractivity contribution in [2.24, 2.45) is 0 Å². The van der Waals surface area contributed by atoms with E-state index in [1.54, 1.807) is 0 Å². The molecule has 32 heavy (non-hydrogen) atoms. The van der Waals surface area contributed by atoms with Gasteiger partial charge in [-0.3, -0.25) is 0 Å². The zero-order chi connectivity index (χ0) is 21.9. The molecule has 1 aromatic heterocycles. The minimum absolute atomic E-state index is 0.406. The Morgan fingerprint density at radius 1 is 0.781 bits per heavy atom. The quantitative estimate of drug-likeness (QED) is 0.403. The van der Waals surface area contributed by atoms with Crippen molar-refractivity contribution in [1.82, 2.24) is 9.47 Å². The van der Waals surface area contributed by atoms with Crippen molar-refractivity contribution in [3.05, 3.63) is 84.4 Å². The number of rotatable bonds is 6. The summed E-state index contributed by atoms with van der Waals surface area (Å²) in [4.78, 5) is 2.42. The van der Waals surface area contributed by atoms with Gasteiger partial charge in [-0.25, -0.2) is 0 Å². The van der Waals surface area contributed by atoms with Crippen LogP contribution in [0.1, 0.15) is 24.8 Å². The lowest BCUT2D eigenvalue weighted by molar-refractivity contribution is 0.0896. The van der Waals surface area contributed by atoms with Crippen LogP contribution in [-0.2, 0) is 6.54 Å². The lowest BCUT2D eigenvalue weighted by atomic mass is 9.97. The summed E-state index contributed by atoms with van der Waals surface area (Å²) in [7, 11) is 0. The van der Waals surface area contributed by atoms with Gasteiger partial charge in [0.2, 0.25) is 0 Å². The van der Waals surface area contributed by atoms with Crippen LogP contribution in [0.4, 0.5) is 0 Å². The van der Waals surface area contributed by atoms with Gasteiger partial charge < -0.3 is 14.6 Å². The van der Waals surface area contributed by atoms with E-state index in [1.165, 1.54) is 58.1 Å². The van der Waals surface area contributed by atoms with Crippen molar-refractivity contribution < 1.29 is 5.11 Å². The van der Waals surface area contributed by atoms with E-state index in [-0.39, 0.29) is 0 Å². The van der Waals surface area contributed by atoms with Crippen molar-refractivity contribution in [1.29, 1.82) is 0 Å². The molecule has 2 heterocycles. The van der Waals surface area contributed by atoms with Gasteiger partial charge in [-0.2, -0.15) is 0 Å². The van der Waals surface area contributed by atoms with Gasteiger partial charge in [-0.15, -0.1) is 0 Å². The van der Waals surface area contributed by atoms with E-state index in [4.69, 9.17) is 0 Å². The van der Waals surface area contributed by atoms with Gasteiger partial charge in [-0.05, 0) is 56.1 Å². The number of β-amino-alcohol motifs (C(OH)–C–C–N with tert-alkyl or cyclic N) is 1. The smallest absolute Gasteiger partial charge is 0.0845 e. The predicted molar refractivity (Wildman–Crippen MR) is 134 cm³/mol. The molecule has 1 aliphatic heterocycles. The van der Waals surface area contributed by atoms with Crippen LogP contribution in [0.3, 0.4) is 0 Å². The lowest BCUT2D eigenvalue weighted by Crippen LogP contribution is -2.38. The topological polar surface area (TPSA) is 28.4 Å². The number of aromatic nitrogens is 1. The Labute approximate surface area is 190 Å². The van der Waals surface area contributed by atoms with Gasteiger partial charge in [-0.1, -0.05) is 78.7 Å². The van der Waals surface area contributed by atoms with Gasteiger partial charge >= 0.3 is 0 Å². The summed E-state index contributed by atoms with van der Waals surface area (Å²) in [5.41, 5.74) is 7.28. The summed E-state index contributed by atoms with van der Waals surface area (Å²) in [5, 5.41) is 12.4. The van der Waals surface area contributed by atoms with Crippen LogP contribution in [-0.4, -0.2) is 40.3 Å². The zero-order valence-corrected chi connectivity index (χ0v) is 18.9. The fourth-order valence-corrected chi connectivity index (χ4v) is 5.16. The maximum absolute atomic E-state index is 11.2. The number of hydrogen-bond donors (Lipinski definition) is 1. The minimum Gasteiger partial charge on any atom is -0.390 e. The summed E-state index contributed by atoms with van der Waals surface area (Å²) in [6.07, 6.45) is 3.39. The molecule has 4 aromatic rings. The molecule has 1 saturated heterocycles. The number of fused-ring (bicyclic) bond motifs is 1. The number of aliphatic hydroxyl groups excluding tert-OH is 1. The monoisotopic (exact) mass is 424 g/mol. The minimum atomic E-state index is -0.406. The molecule has 1 atom stereocenters. The molecule has 164 valence electrons. The number of aryl methyl sites for hydroxylation is 1. The third kappa shape index (κ3) is 4.23. The van der Waals surface area contributed by atoms with E-state index in [2.05, 4.69) is 95.3 Å². The Hall–Kier alpha value is -2.88. The van der Waals surface area contributed by atoms with E-state index < -0.39 is 6.10 Å². The van der Waals surface area contributed by atoms with Crippen molar-refractivity contribution in [2.45, 2.75) is 38.8 Å². The predicted octanol–water partition coefficient (Wildman–Crippen LogP) is 6.13. The highest BCUT2D eigenvalue weighted by Gasteiger charge is 2.23. The van der Waals surface area contributed by atoms with E-state index in [0.29, 0.717) is 6.54 Å². The van der Waals surface area contributed by atoms with E-state index >= 15 is 0 Å². The maximum Gasteiger partial charge on any atom is 0.0845 e. The molecule has 1 fully saturated rings. The molecule has 0 amide bonds. The molecule has 5 rings (SSSR count). The number of piperidine rings is 1. The first-order valence-electron chi connectivity index (χ1n) is 11.8. The molecule has 3 aromatic carbocycles. The molecule has 0 saturated carbocycles. The van der Waals surface area contributed by atoms with Crippen molar-refractivity contribution in [3.63, 3.8) is 0 Å². The summed E-state index contributed by atoms with van der Waals surface area (Å²) < 4.78 is 2.35. The normalized spacial score (nSPS) is 15.8. The molecule has 0 spiro atoms. The standard InChI is InChI=1S/C29H32N2O/c1-22-15-16-27-26(19-22)28(23-11-5-2-6-12-23)29(24-13-7-3-8-14-24)31(27)21-25(32)20-30-17-9-4-10-18-30/h2-3,5-8,11-16,19,25,32H,4,9-10,17-18,20-21H2,1H3/t25-/m1/s1. The Bertz CT molecular complexity index is 1170. The third-order valence-corrected chi connectivity index (χ3v) is 6.64. The molecule has 3 nitrogen and oxygen atoms in total. The van der Waals surface area contributed by atoms with Gasteiger partial charge in [0.15, 0.2) is 0 Å². The second-order valence-corrected chi connectivity index (χ2v) is 9.10. The van der Waals surface area contributed by atoms with Crippen molar-refractivity contribution >= 4 is 10.9 Å². The summed E-state index contributed by atoms with van der Waals surface area (Å²) in [5.74, 6) is 0. The Balaban J connectivity index is 1.66. The van der Waals surface area contributed by atoms with E-state index in [0.717, 1.165) is 19.6 Å². The average Bonchev–Trinajstić information content (AvgIpc) is 3.13. The van der Waals surface area contributed by atoms with Crippen molar-refractivity contribution in [2.75, 3.05) is 19.6 Å². The molecule has 1 aliphatic rings. The van der Waals surface area contributed by atoms with Crippen LogP contribution in [0, 0.1) is 6.92 Å². The maximum atomic E-state index is 11.2.